The van der Waals surface area contributed by atoms with Gasteiger partial charge in [-0.2, -0.15) is 0 Å². The lowest BCUT2D eigenvalue weighted by Crippen LogP contribution is -2.66. The number of carbonyl (C=O) groups is 3. The summed E-state index contributed by atoms with van der Waals surface area (Å²) in [5.74, 6) is -0.202. The van der Waals surface area contributed by atoms with Crippen LogP contribution in [0.25, 0.3) is 0 Å². The predicted octanol–water partition coefficient (Wildman–Crippen LogP) is 6.93. The molecule has 0 N–H and O–H groups in total. The number of methoxy groups -OCH3 is 2. The topological polar surface area (TPSA) is 69.7 Å². The Morgan fingerprint density at radius 1 is 0.842 bits per heavy atom. The highest BCUT2D eigenvalue weighted by Crippen LogP contribution is 2.75. The summed E-state index contributed by atoms with van der Waals surface area (Å²) < 4.78 is 10.6. The number of esters is 2. The summed E-state index contributed by atoms with van der Waals surface area (Å²) in [7, 11) is 2.96. The van der Waals surface area contributed by atoms with Gasteiger partial charge >= 0.3 is 11.9 Å². The van der Waals surface area contributed by atoms with Gasteiger partial charge in [0, 0.05) is 5.41 Å². The van der Waals surface area contributed by atoms with Gasteiger partial charge in [-0.15, -0.1) is 0 Å². The Balaban J connectivity index is 1.61. The number of carbonyl (C=O) groups excluding carboxylic acids is 3. The van der Waals surface area contributed by atoms with Crippen LogP contribution < -0.4 is 0 Å². The number of hydrogen-bond donors (Lipinski definition) is 0. The van der Waals surface area contributed by atoms with Crippen LogP contribution in [0, 0.1) is 56.2 Å². The van der Waals surface area contributed by atoms with Gasteiger partial charge in [-0.25, -0.2) is 0 Å². The maximum Gasteiger partial charge on any atom is 0.316 e. The van der Waals surface area contributed by atoms with Gasteiger partial charge in [0.05, 0.1) is 19.6 Å². The van der Waals surface area contributed by atoms with E-state index in [9.17, 15) is 14.4 Å². The van der Waals surface area contributed by atoms with Gasteiger partial charge < -0.3 is 9.47 Å². The van der Waals surface area contributed by atoms with Crippen molar-refractivity contribution in [2.75, 3.05) is 14.2 Å². The van der Waals surface area contributed by atoms with Crippen LogP contribution >= 0.6 is 0 Å². The zero-order valence-corrected chi connectivity index (χ0v) is 25.3. The summed E-state index contributed by atoms with van der Waals surface area (Å²) >= 11 is 0. The zero-order valence-electron chi connectivity index (χ0n) is 25.3. The molecule has 5 aliphatic rings. The van der Waals surface area contributed by atoms with Crippen LogP contribution in [0.1, 0.15) is 106 Å². The summed E-state index contributed by atoms with van der Waals surface area (Å²) in [6, 6.07) is 0. The Bertz CT molecular complexity index is 1080. The van der Waals surface area contributed by atoms with Gasteiger partial charge in [0.25, 0.3) is 0 Å². The van der Waals surface area contributed by atoms with E-state index in [0.29, 0.717) is 12.3 Å². The highest BCUT2D eigenvalue weighted by molar-refractivity contribution is 6.02. The Morgan fingerprint density at radius 3 is 2.13 bits per heavy atom. The molecule has 0 heterocycles. The lowest BCUT2D eigenvalue weighted by atomic mass is 9.33. The van der Waals surface area contributed by atoms with E-state index in [2.05, 4.69) is 54.5 Å². The van der Waals surface area contributed by atoms with E-state index < -0.39 is 16.7 Å². The monoisotopic (exact) mass is 526 g/mol. The summed E-state index contributed by atoms with van der Waals surface area (Å²) in [4.78, 5) is 39.8. The standard InChI is InChI=1S/C33H50O5/c1-28(2)14-16-33(27(36)38-9)17-15-31(6)21(22(33)19-28)10-11-24-30(5)18-20(26(35)37-8)25(34)29(3,4)23(30)12-13-32(24,31)7/h10,20,22-24H,11-19H2,1-9H3/t20?,22-,23-,24+,30-,31+,32+,33-/m0/s1. The number of ether oxygens (including phenoxy) is 2. The minimum absolute atomic E-state index is 0.0163. The summed E-state index contributed by atoms with van der Waals surface area (Å²) in [6.07, 6.45) is 11.0. The second-order valence-electron chi connectivity index (χ2n) is 15.7. The molecule has 0 amide bonds. The summed E-state index contributed by atoms with van der Waals surface area (Å²) in [5, 5.41) is 0. The molecule has 5 heteroatoms. The minimum atomic E-state index is -0.686. The maximum absolute atomic E-state index is 13.6. The number of Topliss-reactive ketones (excluding diaryl/α,β-unsaturated/α-hetero) is 1. The molecular weight excluding hydrogens is 476 g/mol. The lowest BCUT2D eigenvalue weighted by Gasteiger charge is -2.70. The van der Waals surface area contributed by atoms with Crippen LogP contribution in [-0.2, 0) is 23.9 Å². The van der Waals surface area contributed by atoms with Crippen molar-refractivity contribution >= 4 is 17.7 Å². The zero-order chi connectivity index (χ0) is 28.1. The second kappa shape index (κ2) is 8.43. The van der Waals surface area contributed by atoms with E-state index in [1.165, 1.54) is 12.7 Å². The van der Waals surface area contributed by atoms with E-state index >= 15 is 0 Å². The molecule has 212 valence electrons. The highest BCUT2D eigenvalue weighted by atomic mass is 16.5. The molecule has 0 bridgehead atoms. The molecule has 0 saturated heterocycles. The van der Waals surface area contributed by atoms with Crippen LogP contribution in [0.5, 0.6) is 0 Å². The fraction of sp³-hybridized carbons (Fsp3) is 0.848. The number of fused-ring (bicyclic) bond motifs is 7. The van der Waals surface area contributed by atoms with Crippen LogP contribution in [0.15, 0.2) is 11.6 Å². The number of hydrogen-bond acceptors (Lipinski definition) is 5. The average molecular weight is 527 g/mol. The van der Waals surface area contributed by atoms with E-state index in [-0.39, 0.29) is 51.2 Å². The Hall–Kier alpha value is -1.65. The van der Waals surface area contributed by atoms with Crippen molar-refractivity contribution in [1.29, 1.82) is 0 Å². The van der Waals surface area contributed by atoms with Crippen molar-refractivity contribution in [3.05, 3.63) is 11.6 Å². The van der Waals surface area contributed by atoms with Crippen molar-refractivity contribution < 1.29 is 23.9 Å². The maximum atomic E-state index is 13.6. The Labute approximate surface area is 229 Å². The van der Waals surface area contributed by atoms with Crippen LogP contribution in [0.4, 0.5) is 0 Å². The first kappa shape index (κ1) is 27.9. The van der Waals surface area contributed by atoms with Crippen molar-refractivity contribution in [3.8, 4) is 0 Å². The van der Waals surface area contributed by atoms with E-state index in [1.54, 1.807) is 7.11 Å². The van der Waals surface area contributed by atoms with Crippen molar-refractivity contribution in [2.24, 2.45) is 56.2 Å². The van der Waals surface area contributed by atoms with Crippen molar-refractivity contribution in [3.63, 3.8) is 0 Å². The molecule has 0 aromatic carbocycles. The number of ketones is 1. The first-order valence-electron chi connectivity index (χ1n) is 15.0. The van der Waals surface area contributed by atoms with Crippen molar-refractivity contribution in [1.82, 2.24) is 0 Å². The average Bonchev–Trinajstić information content (AvgIpc) is 2.85. The second-order valence-corrected chi connectivity index (χ2v) is 15.7. The lowest BCUT2D eigenvalue weighted by molar-refractivity contribution is -0.199. The molecule has 4 saturated carbocycles. The van der Waals surface area contributed by atoms with Gasteiger partial charge in [-0.1, -0.05) is 60.1 Å². The predicted molar refractivity (Wildman–Crippen MR) is 147 cm³/mol. The van der Waals surface area contributed by atoms with Crippen LogP contribution in [0.2, 0.25) is 0 Å². The van der Waals surface area contributed by atoms with Crippen LogP contribution in [0.3, 0.4) is 0 Å². The van der Waals surface area contributed by atoms with Gasteiger partial charge in [-0.05, 0) is 97.2 Å². The molecular formula is C33H50O5. The van der Waals surface area contributed by atoms with Gasteiger partial charge in [0.15, 0.2) is 5.78 Å². The molecule has 4 fully saturated rings. The van der Waals surface area contributed by atoms with Gasteiger partial charge in [0.2, 0.25) is 0 Å². The van der Waals surface area contributed by atoms with E-state index in [0.717, 1.165) is 51.4 Å². The smallest absolute Gasteiger partial charge is 0.316 e. The molecule has 0 aliphatic heterocycles. The molecule has 0 aromatic rings. The van der Waals surface area contributed by atoms with Gasteiger partial charge in [-0.3, -0.25) is 14.4 Å². The fourth-order valence-electron chi connectivity index (χ4n) is 11.1. The third-order valence-electron chi connectivity index (χ3n) is 13.4. The fourth-order valence-corrected chi connectivity index (χ4v) is 11.1. The molecule has 0 radical (unpaired) electrons. The molecule has 5 aliphatic carbocycles. The quantitative estimate of drug-likeness (QED) is 0.222. The SMILES string of the molecule is COC(=O)C1C[C@]2(C)[C@H]3CC=C4[C@@H]5CC(C)(C)CC[C@]5(C(=O)OC)CC[C@@]4(C)[C@]3(C)CC[C@H]2C(C)(C)C1=O. The normalized spacial score (nSPS) is 46.9. The summed E-state index contributed by atoms with van der Waals surface area (Å²) in [6.45, 7) is 16.2. The molecule has 0 spiro atoms. The summed E-state index contributed by atoms with van der Waals surface area (Å²) in [5.41, 5.74) is 0.599. The first-order valence-corrected chi connectivity index (χ1v) is 15.0. The Kier molecular flexibility index (Phi) is 6.19. The molecule has 5 nitrogen and oxygen atoms in total. The molecule has 5 rings (SSSR count). The number of allylic oxidation sites excluding steroid dienone is 2. The molecule has 38 heavy (non-hydrogen) atoms. The number of rotatable bonds is 2. The third kappa shape index (κ3) is 3.38. The third-order valence-corrected chi connectivity index (χ3v) is 13.4. The van der Waals surface area contributed by atoms with Crippen LogP contribution in [-0.4, -0.2) is 31.9 Å². The van der Waals surface area contributed by atoms with Crippen molar-refractivity contribution in [2.45, 2.75) is 106 Å². The molecule has 8 atom stereocenters. The van der Waals surface area contributed by atoms with E-state index in [4.69, 9.17) is 9.47 Å². The van der Waals surface area contributed by atoms with E-state index in [1.807, 2.05) is 0 Å². The molecule has 0 aromatic heterocycles. The largest absolute Gasteiger partial charge is 0.469 e. The first-order chi connectivity index (χ1) is 17.5. The Morgan fingerprint density at radius 2 is 1.50 bits per heavy atom. The minimum Gasteiger partial charge on any atom is -0.469 e. The molecule has 1 unspecified atom stereocenters. The van der Waals surface area contributed by atoms with Gasteiger partial charge in [0.1, 0.15) is 5.92 Å². The highest BCUT2D eigenvalue weighted by Gasteiger charge is 2.70.